The monoisotopic (exact) mass is 185 g/mol. The Hall–Kier alpha value is 0.310. The van der Waals surface area contributed by atoms with Gasteiger partial charge in [-0.15, -0.1) is 0 Å². The Morgan fingerprint density at radius 3 is 2.92 bits per heavy atom. The lowest BCUT2D eigenvalue weighted by atomic mass is 9.89. The molecule has 0 aromatic heterocycles. The van der Waals surface area contributed by atoms with Gasteiger partial charge >= 0.3 is 0 Å². The van der Waals surface area contributed by atoms with E-state index in [1.54, 1.807) is 0 Å². The molecule has 70 valence electrons. The summed E-state index contributed by atoms with van der Waals surface area (Å²) in [6.45, 7) is 4.59. The molecular weight excluding hydrogens is 166 g/mol. The zero-order chi connectivity index (χ0) is 8.60. The van der Waals surface area contributed by atoms with Crippen molar-refractivity contribution in [3.63, 3.8) is 0 Å². The maximum Gasteiger partial charge on any atom is 0.0229 e. The molecule has 2 fully saturated rings. The average molecular weight is 185 g/mol. The van der Waals surface area contributed by atoms with E-state index < -0.39 is 0 Å². The minimum absolute atomic E-state index is 0.240. The third-order valence-corrected chi connectivity index (χ3v) is 3.77. The summed E-state index contributed by atoms with van der Waals surface area (Å²) in [5, 5.41) is 3.53. The molecule has 1 saturated heterocycles. The van der Waals surface area contributed by atoms with E-state index in [4.69, 9.17) is 12.6 Å². The van der Waals surface area contributed by atoms with Crippen LogP contribution in [-0.2, 0) is 0 Å². The van der Waals surface area contributed by atoms with Gasteiger partial charge in [0.15, 0.2) is 0 Å². The van der Waals surface area contributed by atoms with E-state index in [2.05, 4.69) is 12.2 Å². The Morgan fingerprint density at radius 1 is 1.33 bits per heavy atom. The normalized spacial score (nSPS) is 48.5. The van der Waals surface area contributed by atoms with E-state index in [1.807, 2.05) is 0 Å². The molecule has 12 heavy (non-hydrogen) atoms. The molecule has 2 aliphatic rings. The Kier molecular flexibility index (Phi) is 2.39. The van der Waals surface area contributed by atoms with Crippen molar-refractivity contribution in [2.24, 2.45) is 11.8 Å². The maximum atomic E-state index is 4.71. The smallest absolute Gasteiger partial charge is 0.0229 e. The van der Waals surface area contributed by atoms with Crippen molar-refractivity contribution in [3.8, 4) is 0 Å². The summed E-state index contributed by atoms with van der Waals surface area (Å²) in [4.78, 5) is 0. The third-order valence-electron chi connectivity index (χ3n) is 3.43. The summed E-state index contributed by atoms with van der Waals surface area (Å²) < 4.78 is 0.240. The Balaban J connectivity index is 2.04. The van der Waals surface area contributed by atoms with Crippen LogP contribution in [0.25, 0.3) is 0 Å². The molecule has 3 unspecified atom stereocenters. The van der Waals surface area contributed by atoms with Gasteiger partial charge in [-0.05, 0) is 38.1 Å². The molecule has 1 saturated carbocycles. The van der Waals surface area contributed by atoms with Gasteiger partial charge in [0.25, 0.3) is 0 Å². The second-order valence-electron chi connectivity index (χ2n) is 4.78. The average Bonchev–Trinajstić information content (AvgIpc) is 2.31. The van der Waals surface area contributed by atoms with Gasteiger partial charge in [-0.3, -0.25) is 0 Å². The summed E-state index contributed by atoms with van der Waals surface area (Å²) in [6, 6.07) is 0. The highest BCUT2D eigenvalue weighted by Gasteiger charge is 2.35. The predicted octanol–water partition coefficient (Wildman–Crippen LogP) is 2.08. The van der Waals surface area contributed by atoms with Crippen molar-refractivity contribution >= 4 is 12.6 Å². The van der Waals surface area contributed by atoms with Crippen LogP contribution in [0.5, 0.6) is 0 Å². The molecule has 1 N–H and O–H groups in total. The minimum Gasteiger partial charge on any atom is -0.315 e. The lowest BCUT2D eigenvalue weighted by Crippen LogP contribution is -2.31. The molecule has 3 atom stereocenters. The SMILES string of the molecule is CC1(S)CNCC2CCCC2C1. The van der Waals surface area contributed by atoms with Crippen LogP contribution < -0.4 is 5.32 Å². The molecule has 1 aliphatic carbocycles. The van der Waals surface area contributed by atoms with E-state index in [9.17, 15) is 0 Å². The van der Waals surface area contributed by atoms with Crippen molar-refractivity contribution in [1.82, 2.24) is 5.32 Å². The van der Waals surface area contributed by atoms with Gasteiger partial charge < -0.3 is 5.32 Å². The quantitative estimate of drug-likeness (QED) is 0.551. The number of hydrogen-bond acceptors (Lipinski definition) is 2. The molecule has 2 rings (SSSR count). The van der Waals surface area contributed by atoms with Crippen molar-refractivity contribution in [3.05, 3.63) is 0 Å². The molecule has 2 heteroatoms. The van der Waals surface area contributed by atoms with Crippen LogP contribution in [0.2, 0.25) is 0 Å². The first-order chi connectivity index (χ1) is 5.67. The summed E-state index contributed by atoms with van der Waals surface area (Å²) in [5.41, 5.74) is 0. The van der Waals surface area contributed by atoms with Crippen LogP contribution in [0, 0.1) is 11.8 Å². The van der Waals surface area contributed by atoms with Gasteiger partial charge in [-0.25, -0.2) is 0 Å². The van der Waals surface area contributed by atoms with E-state index in [1.165, 1.54) is 32.2 Å². The molecule has 0 spiro atoms. The van der Waals surface area contributed by atoms with Crippen molar-refractivity contribution < 1.29 is 0 Å². The highest BCUT2D eigenvalue weighted by molar-refractivity contribution is 7.81. The Morgan fingerprint density at radius 2 is 2.08 bits per heavy atom. The van der Waals surface area contributed by atoms with Crippen LogP contribution in [0.3, 0.4) is 0 Å². The topological polar surface area (TPSA) is 12.0 Å². The van der Waals surface area contributed by atoms with Gasteiger partial charge in [0.2, 0.25) is 0 Å². The van der Waals surface area contributed by atoms with Crippen LogP contribution in [0.15, 0.2) is 0 Å². The number of rotatable bonds is 0. The van der Waals surface area contributed by atoms with Gasteiger partial charge in [0.1, 0.15) is 0 Å². The Bertz CT molecular complexity index is 167. The minimum atomic E-state index is 0.240. The Labute approximate surface area is 80.7 Å². The summed E-state index contributed by atoms with van der Waals surface area (Å²) in [7, 11) is 0. The fourth-order valence-corrected chi connectivity index (χ4v) is 3.16. The largest absolute Gasteiger partial charge is 0.315 e. The van der Waals surface area contributed by atoms with Crippen LogP contribution in [0.4, 0.5) is 0 Å². The first-order valence-electron chi connectivity index (χ1n) is 5.10. The lowest BCUT2D eigenvalue weighted by Gasteiger charge is -2.24. The van der Waals surface area contributed by atoms with Gasteiger partial charge in [-0.2, -0.15) is 12.6 Å². The van der Waals surface area contributed by atoms with Gasteiger partial charge in [-0.1, -0.05) is 12.8 Å². The second kappa shape index (κ2) is 3.22. The van der Waals surface area contributed by atoms with E-state index in [0.29, 0.717) is 0 Å². The zero-order valence-electron chi connectivity index (χ0n) is 7.84. The molecule has 1 nitrogen and oxygen atoms in total. The molecule has 0 bridgehead atoms. The first kappa shape index (κ1) is 8.89. The van der Waals surface area contributed by atoms with E-state index >= 15 is 0 Å². The predicted molar refractivity (Wildman–Crippen MR) is 55.7 cm³/mol. The molecule has 0 aromatic rings. The van der Waals surface area contributed by atoms with Crippen LogP contribution >= 0.6 is 12.6 Å². The maximum absolute atomic E-state index is 4.71. The molecule has 0 aromatic carbocycles. The molecule has 1 heterocycles. The molecule has 0 radical (unpaired) electrons. The van der Waals surface area contributed by atoms with Crippen LogP contribution in [-0.4, -0.2) is 17.8 Å². The van der Waals surface area contributed by atoms with Gasteiger partial charge in [0, 0.05) is 11.3 Å². The fraction of sp³-hybridized carbons (Fsp3) is 1.00. The summed E-state index contributed by atoms with van der Waals surface area (Å²) >= 11 is 4.71. The number of nitrogens with one attached hydrogen (secondary N) is 1. The third kappa shape index (κ3) is 1.80. The van der Waals surface area contributed by atoms with Crippen molar-refractivity contribution in [2.45, 2.75) is 37.4 Å². The van der Waals surface area contributed by atoms with Crippen molar-refractivity contribution in [2.75, 3.05) is 13.1 Å². The summed E-state index contributed by atoms with van der Waals surface area (Å²) in [5.74, 6) is 1.92. The van der Waals surface area contributed by atoms with Gasteiger partial charge in [0.05, 0.1) is 0 Å². The first-order valence-corrected chi connectivity index (χ1v) is 5.55. The number of thiol groups is 1. The van der Waals surface area contributed by atoms with E-state index in [0.717, 1.165) is 18.4 Å². The highest BCUT2D eigenvalue weighted by Crippen LogP contribution is 2.39. The summed E-state index contributed by atoms with van der Waals surface area (Å²) in [6.07, 6.45) is 5.65. The second-order valence-corrected chi connectivity index (χ2v) is 5.86. The molecule has 1 aliphatic heterocycles. The highest BCUT2D eigenvalue weighted by atomic mass is 32.1. The fourth-order valence-electron chi connectivity index (χ4n) is 2.81. The molecule has 0 amide bonds. The lowest BCUT2D eigenvalue weighted by molar-refractivity contribution is 0.368. The zero-order valence-corrected chi connectivity index (χ0v) is 8.74. The molecular formula is C10H19NS. The number of fused-ring (bicyclic) bond motifs is 1. The number of hydrogen-bond donors (Lipinski definition) is 2. The standard InChI is InChI=1S/C10H19NS/c1-10(12)5-8-3-2-4-9(8)6-11-7-10/h8-9,11-12H,2-7H2,1H3. The van der Waals surface area contributed by atoms with Crippen LogP contribution in [0.1, 0.15) is 32.6 Å². The van der Waals surface area contributed by atoms with Crippen molar-refractivity contribution in [1.29, 1.82) is 0 Å². The van der Waals surface area contributed by atoms with E-state index in [-0.39, 0.29) is 4.75 Å².